The van der Waals surface area contributed by atoms with Gasteiger partial charge in [0.2, 0.25) is 0 Å². The first-order valence-electron chi connectivity index (χ1n) is 6.53. The molecule has 1 aliphatic carbocycles. The summed E-state index contributed by atoms with van der Waals surface area (Å²) < 4.78 is 0. The summed E-state index contributed by atoms with van der Waals surface area (Å²) in [6.45, 7) is 0. The van der Waals surface area contributed by atoms with Gasteiger partial charge in [0.15, 0.2) is 0 Å². The van der Waals surface area contributed by atoms with Gasteiger partial charge in [-0.15, -0.1) is 0 Å². The number of carbonyl (C=O) groups excluding carboxylic acids is 1. The molecule has 0 atom stereocenters. The van der Waals surface area contributed by atoms with Crippen molar-refractivity contribution in [2.45, 2.75) is 37.8 Å². The van der Waals surface area contributed by atoms with Gasteiger partial charge in [-0.2, -0.15) is 0 Å². The van der Waals surface area contributed by atoms with Crippen LogP contribution in [0.2, 0.25) is 0 Å². The van der Waals surface area contributed by atoms with Crippen molar-refractivity contribution in [2.75, 3.05) is 7.05 Å². The van der Waals surface area contributed by atoms with Gasteiger partial charge in [-0.1, -0.05) is 0 Å². The van der Waals surface area contributed by atoms with Gasteiger partial charge in [0.05, 0.1) is 5.56 Å². The highest BCUT2D eigenvalue weighted by Gasteiger charge is 2.26. The molecule has 1 aliphatic rings. The van der Waals surface area contributed by atoms with Gasteiger partial charge >= 0.3 is 0 Å². The number of nitrogens with zero attached hydrogens (tertiary/aromatic N) is 1. The third-order valence-electron chi connectivity index (χ3n) is 3.82. The van der Waals surface area contributed by atoms with Gasteiger partial charge in [-0.3, -0.25) is 4.79 Å². The van der Waals surface area contributed by atoms with Crippen LogP contribution in [0.25, 0.3) is 0 Å². The Morgan fingerprint density at radius 2 is 1.89 bits per heavy atom. The van der Waals surface area contributed by atoms with Gasteiger partial charge < -0.3 is 20.8 Å². The van der Waals surface area contributed by atoms with E-state index in [9.17, 15) is 15.0 Å². The van der Waals surface area contributed by atoms with E-state index in [0.29, 0.717) is 0 Å². The lowest BCUT2D eigenvalue weighted by Gasteiger charge is -2.33. The zero-order valence-electron chi connectivity index (χ0n) is 11.0. The number of hydrogen-bond donors (Lipinski definition) is 3. The van der Waals surface area contributed by atoms with Gasteiger partial charge in [0.1, 0.15) is 11.5 Å². The quantitative estimate of drug-likeness (QED) is 0.705. The molecule has 0 bridgehead atoms. The Kier molecular flexibility index (Phi) is 3.95. The fourth-order valence-corrected chi connectivity index (χ4v) is 2.54. The van der Waals surface area contributed by atoms with Gasteiger partial charge in [0.25, 0.3) is 5.91 Å². The van der Waals surface area contributed by atoms with E-state index < -0.39 is 0 Å². The third kappa shape index (κ3) is 2.98. The second-order valence-corrected chi connectivity index (χ2v) is 5.19. The second-order valence-electron chi connectivity index (χ2n) is 5.19. The summed E-state index contributed by atoms with van der Waals surface area (Å²) in [7, 11) is 1.73. The van der Waals surface area contributed by atoms with Crippen molar-refractivity contribution in [3.63, 3.8) is 0 Å². The zero-order chi connectivity index (χ0) is 14.0. The van der Waals surface area contributed by atoms with E-state index >= 15 is 0 Å². The highest BCUT2D eigenvalue weighted by atomic mass is 16.3. The lowest BCUT2D eigenvalue weighted by molar-refractivity contribution is 0.0686. The topological polar surface area (TPSA) is 86.8 Å². The molecule has 4 N–H and O–H groups in total. The number of hydrogen-bond acceptors (Lipinski definition) is 4. The van der Waals surface area contributed by atoms with Crippen LogP contribution in [0.5, 0.6) is 11.5 Å². The Morgan fingerprint density at radius 3 is 2.53 bits per heavy atom. The first kappa shape index (κ1) is 13.7. The Morgan fingerprint density at radius 1 is 1.26 bits per heavy atom. The molecule has 0 saturated heterocycles. The number of phenolic OH excluding ortho intramolecular Hbond substituents is 2. The molecule has 5 nitrogen and oxygen atoms in total. The maximum Gasteiger partial charge on any atom is 0.257 e. The number of aromatic hydroxyl groups is 2. The normalized spacial score (nSPS) is 23.1. The van der Waals surface area contributed by atoms with E-state index in [1.807, 2.05) is 0 Å². The van der Waals surface area contributed by atoms with E-state index in [-0.39, 0.29) is 35.1 Å². The molecule has 1 aromatic rings. The Hall–Kier alpha value is -1.75. The minimum Gasteiger partial charge on any atom is -0.508 e. The predicted octanol–water partition coefficient (Wildman–Crippen LogP) is 1.44. The molecule has 1 aromatic carbocycles. The summed E-state index contributed by atoms with van der Waals surface area (Å²) in [4.78, 5) is 14.0. The van der Waals surface area contributed by atoms with E-state index in [2.05, 4.69) is 0 Å². The first-order chi connectivity index (χ1) is 8.99. The molecule has 1 fully saturated rings. The minimum absolute atomic E-state index is 0.0276. The van der Waals surface area contributed by atoms with Crippen molar-refractivity contribution in [1.29, 1.82) is 0 Å². The molecule has 104 valence electrons. The van der Waals surface area contributed by atoms with Crippen molar-refractivity contribution in [3.8, 4) is 11.5 Å². The van der Waals surface area contributed by atoms with E-state index in [0.717, 1.165) is 25.7 Å². The number of nitrogens with two attached hydrogens (primary N) is 1. The molecule has 2 rings (SSSR count). The maximum atomic E-state index is 12.3. The lowest BCUT2D eigenvalue weighted by atomic mass is 9.90. The highest BCUT2D eigenvalue weighted by molar-refractivity contribution is 5.97. The average Bonchev–Trinajstić information content (AvgIpc) is 2.41. The van der Waals surface area contributed by atoms with E-state index in [4.69, 9.17) is 5.73 Å². The Balaban J connectivity index is 2.12. The minimum atomic E-state index is -0.270. The summed E-state index contributed by atoms with van der Waals surface area (Å²) in [6.07, 6.45) is 3.58. The zero-order valence-corrected chi connectivity index (χ0v) is 11.0. The number of carbonyl (C=O) groups is 1. The Bertz CT molecular complexity index is 468. The first-order valence-corrected chi connectivity index (χ1v) is 6.53. The van der Waals surface area contributed by atoms with Gasteiger partial charge in [-0.05, 0) is 43.9 Å². The number of amides is 1. The Labute approximate surface area is 112 Å². The van der Waals surface area contributed by atoms with E-state index in [1.54, 1.807) is 11.9 Å². The van der Waals surface area contributed by atoms with Crippen molar-refractivity contribution < 1.29 is 15.0 Å². The average molecular weight is 264 g/mol. The number of phenols is 2. The van der Waals surface area contributed by atoms with Crippen LogP contribution in [0.3, 0.4) is 0 Å². The van der Waals surface area contributed by atoms with Gasteiger partial charge in [0, 0.05) is 19.1 Å². The number of benzene rings is 1. The van der Waals surface area contributed by atoms with Crippen molar-refractivity contribution in [1.82, 2.24) is 4.90 Å². The third-order valence-corrected chi connectivity index (χ3v) is 3.82. The molecule has 0 heterocycles. The van der Waals surface area contributed by atoms with Crippen LogP contribution in [0.15, 0.2) is 18.2 Å². The lowest BCUT2D eigenvalue weighted by Crippen LogP contribution is -2.41. The molecule has 5 heteroatoms. The second kappa shape index (κ2) is 5.48. The van der Waals surface area contributed by atoms with Crippen LogP contribution in [0, 0.1) is 0 Å². The molecule has 19 heavy (non-hydrogen) atoms. The van der Waals surface area contributed by atoms with Gasteiger partial charge in [-0.25, -0.2) is 0 Å². The molecular formula is C14H20N2O3. The fraction of sp³-hybridized carbons (Fsp3) is 0.500. The summed E-state index contributed by atoms with van der Waals surface area (Å²) >= 11 is 0. The molecule has 0 aromatic heterocycles. The summed E-state index contributed by atoms with van der Waals surface area (Å²) in [5.74, 6) is -0.406. The molecule has 0 radical (unpaired) electrons. The van der Waals surface area contributed by atoms with Crippen molar-refractivity contribution in [3.05, 3.63) is 23.8 Å². The van der Waals surface area contributed by atoms with Crippen molar-refractivity contribution >= 4 is 5.91 Å². The largest absolute Gasteiger partial charge is 0.508 e. The van der Waals surface area contributed by atoms with Crippen LogP contribution in [0.1, 0.15) is 36.0 Å². The van der Waals surface area contributed by atoms with Crippen LogP contribution in [0.4, 0.5) is 0 Å². The summed E-state index contributed by atoms with van der Waals surface area (Å²) in [5.41, 5.74) is 5.99. The SMILES string of the molecule is CN(C(=O)c1cc(O)ccc1O)C1CCC(N)CC1. The monoisotopic (exact) mass is 264 g/mol. The van der Waals surface area contributed by atoms with Crippen LogP contribution >= 0.6 is 0 Å². The summed E-state index contributed by atoms with van der Waals surface area (Å²) in [5, 5.41) is 19.1. The highest BCUT2D eigenvalue weighted by Crippen LogP contribution is 2.27. The van der Waals surface area contributed by atoms with Crippen LogP contribution in [-0.2, 0) is 0 Å². The number of rotatable bonds is 2. The smallest absolute Gasteiger partial charge is 0.257 e. The van der Waals surface area contributed by atoms with Crippen molar-refractivity contribution in [2.24, 2.45) is 5.73 Å². The molecular weight excluding hydrogens is 244 g/mol. The molecule has 0 aliphatic heterocycles. The maximum absolute atomic E-state index is 12.3. The fourth-order valence-electron chi connectivity index (χ4n) is 2.54. The van der Waals surface area contributed by atoms with Crippen LogP contribution < -0.4 is 5.73 Å². The molecule has 0 spiro atoms. The van der Waals surface area contributed by atoms with E-state index in [1.165, 1.54) is 18.2 Å². The standard InChI is InChI=1S/C14H20N2O3/c1-16(10-4-2-9(15)3-5-10)14(19)12-8-11(17)6-7-13(12)18/h6-10,17-18H,2-5,15H2,1H3. The predicted molar refractivity (Wildman–Crippen MR) is 72.1 cm³/mol. The summed E-state index contributed by atoms with van der Waals surface area (Å²) in [6, 6.07) is 4.35. The molecule has 1 amide bonds. The molecule has 1 saturated carbocycles. The van der Waals surface area contributed by atoms with Crippen LogP contribution in [-0.4, -0.2) is 40.2 Å². The molecule has 0 unspecified atom stereocenters.